The molecule has 3 aromatic rings. The number of aromatic nitrogens is 4. The molecular weight excluding hydrogens is 334 g/mol. The first kappa shape index (κ1) is 17.4. The smallest absolute Gasteiger partial charge is 0.234 e. The maximum absolute atomic E-state index is 12.2. The van der Waals surface area contributed by atoms with E-state index in [1.54, 1.807) is 4.52 Å². The zero-order chi connectivity index (χ0) is 18.0. The highest BCUT2D eigenvalue weighted by Gasteiger charge is 2.12. The monoisotopic (exact) mass is 355 g/mol. The maximum Gasteiger partial charge on any atom is 0.234 e. The lowest BCUT2D eigenvalue weighted by Gasteiger charge is -2.08. The summed E-state index contributed by atoms with van der Waals surface area (Å²) in [6, 6.07) is 9.90. The highest BCUT2D eigenvalue weighted by molar-refractivity contribution is 7.99. The van der Waals surface area contributed by atoms with E-state index in [1.807, 2.05) is 44.2 Å². The van der Waals surface area contributed by atoms with Crippen molar-refractivity contribution in [2.45, 2.75) is 38.8 Å². The first-order valence-electron chi connectivity index (χ1n) is 8.16. The van der Waals surface area contributed by atoms with Crippen molar-refractivity contribution < 1.29 is 4.79 Å². The van der Waals surface area contributed by atoms with E-state index in [-0.39, 0.29) is 11.7 Å². The second kappa shape index (κ2) is 7.23. The number of amides is 1. The van der Waals surface area contributed by atoms with E-state index in [0.717, 1.165) is 22.6 Å². The van der Waals surface area contributed by atoms with E-state index in [1.165, 1.54) is 17.3 Å². The summed E-state index contributed by atoms with van der Waals surface area (Å²) in [5.41, 5.74) is 4.67. The number of anilines is 1. The minimum absolute atomic E-state index is 0.0802. The Morgan fingerprint density at radius 3 is 2.60 bits per heavy atom. The average molecular weight is 355 g/mol. The van der Waals surface area contributed by atoms with E-state index < -0.39 is 0 Å². The van der Waals surface area contributed by atoms with Crippen LogP contribution in [0.4, 0.5) is 5.69 Å². The second-order valence-corrected chi connectivity index (χ2v) is 7.24. The largest absolute Gasteiger partial charge is 0.325 e. The lowest BCUT2D eigenvalue weighted by Crippen LogP contribution is -2.14. The van der Waals surface area contributed by atoms with Gasteiger partial charge >= 0.3 is 0 Å². The molecule has 0 bridgehead atoms. The number of thioether (sulfide) groups is 1. The second-order valence-electron chi connectivity index (χ2n) is 6.30. The highest BCUT2D eigenvalue weighted by atomic mass is 32.2. The zero-order valence-electron chi connectivity index (χ0n) is 14.8. The Balaban J connectivity index is 1.64. The number of fused-ring (bicyclic) bond motifs is 1. The van der Waals surface area contributed by atoms with Crippen LogP contribution in [-0.4, -0.2) is 31.5 Å². The lowest BCUT2D eigenvalue weighted by molar-refractivity contribution is -0.113. The van der Waals surface area contributed by atoms with Crippen LogP contribution in [0.2, 0.25) is 0 Å². The molecule has 6 nitrogen and oxygen atoms in total. The minimum atomic E-state index is -0.0802. The molecule has 130 valence electrons. The number of carbonyl (C=O) groups is 1. The number of benzene rings is 1. The van der Waals surface area contributed by atoms with E-state index in [0.29, 0.717) is 11.1 Å². The molecule has 3 rings (SSSR count). The molecule has 1 amide bonds. The molecule has 2 heterocycles. The summed E-state index contributed by atoms with van der Waals surface area (Å²) in [4.78, 5) is 12.2. The summed E-state index contributed by atoms with van der Waals surface area (Å²) in [5.74, 6) is 0.644. The zero-order valence-corrected chi connectivity index (χ0v) is 15.6. The molecule has 1 aromatic carbocycles. The van der Waals surface area contributed by atoms with Gasteiger partial charge in [0.15, 0.2) is 5.65 Å². The van der Waals surface area contributed by atoms with E-state index in [9.17, 15) is 4.79 Å². The van der Waals surface area contributed by atoms with Crippen LogP contribution in [0.5, 0.6) is 0 Å². The molecule has 0 saturated carbocycles. The van der Waals surface area contributed by atoms with Gasteiger partial charge in [0.25, 0.3) is 0 Å². The molecule has 0 aliphatic heterocycles. The number of rotatable bonds is 5. The first-order chi connectivity index (χ1) is 11.9. The molecule has 0 atom stereocenters. The van der Waals surface area contributed by atoms with E-state index >= 15 is 0 Å². The van der Waals surface area contributed by atoms with Gasteiger partial charge in [-0.1, -0.05) is 37.7 Å². The first-order valence-corrected chi connectivity index (χ1v) is 9.15. The number of nitrogens with one attached hydrogen (secondary N) is 1. The van der Waals surface area contributed by atoms with Crippen LogP contribution >= 0.6 is 11.8 Å². The van der Waals surface area contributed by atoms with Crippen LogP contribution in [0, 0.1) is 13.8 Å². The Labute approximate surface area is 151 Å². The van der Waals surface area contributed by atoms with Gasteiger partial charge in [0, 0.05) is 5.69 Å². The van der Waals surface area contributed by atoms with E-state index in [4.69, 9.17) is 0 Å². The summed E-state index contributed by atoms with van der Waals surface area (Å²) >= 11 is 1.32. The fourth-order valence-electron chi connectivity index (χ4n) is 2.53. The van der Waals surface area contributed by atoms with E-state index in [2.05, 4.69) is 34.5 Å². The van der Waals surface area contributed by atoms with Gasteiger partial charge in [0.1, 0.15) is 0 Å². The van der Waals surface area contributed by atoms with Crippen molar-refractivity contribution in [3.05, 3.63) is 47.2 Å². The lowest BCUT2D eigenvalue weighted by atomic mass is 10.0. The Kier molecular flexibility index (Phi) is 5.03. The van der Waals surface area contributed by atoms with Crippen LogP contribution in [0.25, 0.3) is 5.65 Å². The topological polar surface area (TPSA) is 72.2 Å². The van der Waals surface area contributed by atoms with Crippen molar-refractivity contribution in [2.24, 2.45) is 0 Å². The van der Waals surface area contributed by atoms with Gasteiger partial charge in [-0.2, -0.15) is 9.61 Å². The SMILES string of the molecule is Cc1cc(C)c2nnc(SCC(=O)Nc3ccc(C(C)C)cc3)n2n1. The van der Waals surface area contributed by atoms with Crippen molar-refractivity contribution in [1.82, 2.24) is 19.8 Å². The van der Waals surface area contributed by atoms with Gasteiger partial charge in [-0.05, 0) is 49.1 Å². The fraction of sp³-hybridized carbons (Fsp3) is 0.333. The minimum Gasteiger partial charge on any atom is -0.325 e. The van der Waals surface area contributed by atoms with Crippen LogP contribution in [0.3, 0.4) is 0 Å². The van der Waals surface area contributed by atoms with Crippen LogP contribution in [-0.2, 0) is 4.79 Å². The van der Waals surface area contributed by atoms with Crippen molar-refractivity contribution in [3.8, 4) is 0 Å². The average Bonchev–Trinajstić information content (AvgIpc) is 2.96. The third-order valence-corrected chi connectivity index (χ3v) is 4.76. The highest BCUT2D eigenvalue weighted by Crippen LogP contribution is 2.20. The van der Waals surface area contributed by atoms with Gasteiger partial charge in [0.2, 0.25) is 11.1 Å². The standard InChI is InChI=1S/C18H21N5OS/c1-11(2)14-5-7-15(8-6-14)19-16(24)10-25-18-21-20-17-12(3)9-13(4)22-23(17)18/h5-9,11H,10H2,1-4H3,(H,19,24). The Bertz CT molecular complexity index is 902. The summed E-state index contributed by atoms with van der Waals surface area (Å²) in [5, 5.41) is 16.2. The number of carbonyl (C=O) groups excluding carboxylic acids is 1. The van der Waals surface area contributed by atoms with Gasteiger partial charge in [0.05, 0.1) is 11.4 Å². The molecule has 0 aliphatic carbocycles. The predicted molar refractivity (Wildman–Crippen MR) is 100 cm³/mol. The van der Waals surface area contributed by atoms with Gasteiger partial charge in [-0.25, -0.2) is 0 Å². The third-order valence-electron chi connectivity index (χ3n) is 3.84. The number of nitrogens with zero attached hydrogens (tertiary/aromatic N) is 4. The maximum atomic E-state index is 12.2. The van der Waals surface area contributed by atoms with Crippen molar-refractivity contribution in [1.29, 1.82) is 0 Å². The Morgan fingerprint density at radius 1 is 1.20 bits per heavy atom. The molecule has 2 aromatic heterocycles. The number of hydrogen-bond acceptors (Lipinski definition) is 5. The van der Waals surface area contributed by atoms with Crippen molar-refractivity contribution >= 4 is 29.0 Å². The molecule has 0 saturated heterocycles. The van der Waals surface area contributed by atoms with Gasteiger partial charge < -0.3 is 5.32 Å². The normalized spacial score (nSPS) is 11.2. The molecule has 0 radical (unpaired) electrons. The molecular formula is C18H21N5OS. The molecule has 0 unspecified atom stereocenters. The quantitative estimate of drug-likeness (QED) is 0.708. The van der Waals surface area contributed by atoms with Gasteiger partial charge in [-0.3, -0.25) is 4.79 Å². The van der Waals surface area contributed by atoms with Gasteiger partial charge in [-0.15, -0.1) is 10.2 Å². The molecule has 0 fully saturated rings. The molecule has 7 heteroatoms. The van der Waals surface area contributed by atoms with Crippen molar-refractivity contribution in [2.75, 3.05) is 11.1 Å². The van der Waals surface area contributed by atoms with Crippen LogP contribution < -0.4 is 5.32 Å². The summed E-state index contributed by atoms with van der Waals surface area (Å²) in [6.07, 6.45) is 0. The Morgan fingerprint density at radius 2 is 1.92 bits per heavy atom. The number of aryl methyl sites for hydroxylation is 2. The number of hydrogen-bond donors (Lipinski definition) is 1. The Hall–Kier alpha value is -2.41. The fourth-order valence-corrected chi connectivity index (χ4v) is 3.22. The van der Waals surface area contributed by atoms with Crippen LogP contribution in [0.15, 0.2) is 35.5 Å². The molecule has 1 N–H and O–H groups in total. The molecule has 0 aliphatic rings. The molecule has 25 heavy (non-hydrogen) atoms. The predicted octanol–water partition coefficient (Wildman–Crippen LogP) is 3.60. The summed E-state index contributed by atoms with van der Waals surface area (Å²) in [6.45, 7) is 8.18. The van der Waals surface area contributed by atoms with Crippen molar-refractivity contribution in [3.63, 3.8) is 0 Å². The molecule has 0 spiro atoms. The third kappa shape index (κ3) is 3.99. The van der Waals surface area contributed by atoms with Crippen LogP contribution in [0.1, 0.15) is 36.6 Å². The summed E-state index contributed by atoms with van der Waals surface area (Å²) in [7, 11) is 0. The summed E-state index contributed by atoms with van der Waals surface area (Å²) < 4.78 is 1.69.